The van der Waals surface area contributed by atoms with Crippen LogP contribution in [0, 0.1) is 0 Å². The molecular formula is C35H32N4O3S3. The summed E-state index contributed by atoms with van der Waals surface area (Å²) in [5.74, 6) is -0.597. The van der Waals surface area contributed by atoms with E-state index in [1.54, 1.807) is 53.8 Å². The lowest BCUT2D eigenvalue weighted by Gasteiger charge is -2.13. The summed E-state index contributed by atoms with van der Waals surface area (Å²) in [6, 6.07) is 27.9. The normalized spacial score (nSPS) is 12.0. The summed E-state index contributed by atoms with van der Waals surface area (Å²) in [5.41, 5.74) is 3.95. The summed E-state index contributed by atoms with van der Waals surface area (Å²) in [4.78, 5) is 45.6. The predicted octanol–water partition coefficient (Wildman–Crippen LogP) is 8.52. The van der Waals surface area contributed by atoms with Gasteiger partial charge in [-0.2, -0.15) is 0 Å². The van der Waals surface area contributed by atoms with Gasteiger partial charge < -0.3 is 16.0 Å². The summed E-state index contributed by atoms with van der Waals surface area (Å²) in [7, 11) is 0. The lowest BCUT2D eigenvalue weighted by atomic mass is 10.0. The standard InChI is InChI=1S/C35H32N4O3S3/c1-22(2)25-13-11-24(12-14-25)20-29(37-33(41)26-8-5-4-6-9-26)34(42)36-27-15-17-28(18-16-27)45-23(3)32(40)39-35-38-30(21-44-35)31-10-7-19-43-31/h4-23H,1-3H3,(H,36,42)(H,37,41)(H,38,39,40)/b29-20-. The second-order valence-corrected chi connectivity index (χ2v) is 13.7. The lowest BCUT2D eigenvalue weighted by molar-refractivity contribution is -0.115. The van der Waals surface area contributed by atoms with Gasteiger partial charge in [0.2, 0.25) is 5.91 Å². The molecule has 1 atom stereocenters. The third kappa shape index (κ3) is 8.78. The molecule has 0 spiro atoms. The molecule has 3 amide bonds. The average Bonchev–Trinajstić information content (AvgIpc) is 3.75. The van der Waals surface area contributed by atoms with Gasteiger partial charge in [-0.25, -0.2) is 4.98 Å². The SMILES string of the molecule is CC(Sc1ccc(NC(=O)/C(=C/c2ccc(C(C)C)cc2)NC(=O)c2ccccc2)cc1)C(=O)Nc1nc(-c2cccs2)cs1. The van der Waals surface area contributed by atoms with Crippen LogP contribution in [-0.4, -0.2) is 28.0 Å². The highest BCUT2D eigenvalue weighted by atomic mass is 32.2. The van der Waals surface area contributed by atoms with Crippen LogP contribution in [0.25, 0.3) is 16.6 Å². The molecule has 3 aromatic carbocycles. The first-order chi connectivity index (χ1) is 21.7. The molecule has 1 unspecified atom stereocenters. The minimum Gasteiger partial charge on any atom is -0.321 e. The Labute approximate surface area is 274 Å². The predicted molar refractivity (Wildman–Crippen MR) is 187 cm³/mol. The van der Waals surface area contributed by atoms with Crippen molar-refractivity contribution >= 4 is 69.1 Å². The molecule has 0 aliphatic rings. The van der Waals surface area contributed by atoms with E-state index in [-0.39, 0.29) is 22.8 Å². The highest BCUT2D eigenvalue weighted by Crippen LogP contribution is 2.30. The molecule has 5 aromatic rings. The number of hydrogen-bond acceptors (Lipinski definition) is 7. The second-order valence-electron chi connectivity index (χ2n) is 10.4. The number of carbonyl (C=O) groups excluding carboxylic acids is 3. The minimum absolute atomic E-state index is 0.120. The van der Waals surface area contributed by atoms with Gasteiger partial charge in [0.25, 0.3) is 11.8 Å². The molecule has 3 N–H and O–H groups in total. The number of nitrogens with zero attached hydrogens (tertiary/aromatic N) is 1. The van der Waals surface area contributed by atoms with Gasteiger partial charge in [-0.1, -0.05) is 62.4 Å². The molecule has 10 heteroatoms. The van der Waals surface area contributed by atoms with Crippen molar-refractivity contribution in [1.29, 1.82) is 0 Å². The Morgan fingerprint density at radius 2 is 1.56 bits per heavy atom. The molecule has 0 aliphatic carbocycles. The highest BCUT2D eigenvalue weighted by Gasteiger charge is 2.18. The van der Waals surface area contributed by atoms with Gasteiger partial charge in [-0.3, -0.25) is 14.4 Å². The maximum absolute atomic E-state index is 13.4. The Morgan fingerprint density at radius 1 is 0.822 bits per heavy atom. The van der Waals surface area contributed by atoms with Crippen LogP contribution in [-0.2, 0) is 9.59 Å². The van der Waals surface area contributed by atoms with Gasteiger partial charge in [0, 0.05) is 21.5 Å². The molecule has 2 aromatic heterocycles. The number of carbonyl (C=O) groups is 3. The molecule has 0 fully saturated rings. The number of thiophene rings is 1. The van der Waals surface area contributed by atoms with Crippen molar-refractivity contribution in [2.75, 3.05) is 10.6 Å². The topological polar surface area (TPSA) is 100 Å². The minimum atomic E-state index is -0.453. The highest BCUT2D eigenvalue weighted by molar-refractivity contribution is 8.00. The summed E-state index contributed by atoms with van der Waals surface area (Å²) >= 11 is 4.41. The van der Waals surface area contributed by atoms with E-state index in [4.69, 9.17) is 0 Å². The van der Waals surface area contributed by atoms with Crippen molar-refractivity contribution in [2.45, 2.75) is 36.8 Å². The molecule has 45 heavy (non-hydrogen) atoms. The first-order valence-corrected chi connectivity index (χ1v) is 17.0. The van der Waals surface area contributed by atoms with Crippen molar-refractivity contribution in [2.24, 2.45) is 0 Å². The van der Waals surface area contributed by atoms with E-state index in [1.807, 2.05) is 72.3 Å². The lowest BCUT2D eigenvalue weighted by Crippen LogP contribution is -2.30. The third-order valence-electron chi connectivity index (χ3n) is 6.75. The summed E-state index contributed by atoms with van der Waals surface area (Å²) in [5, 5.41) is 12.7. The first kappa shape index (κ1) is 31.9. The zero-order valence-corrected chi connectivity index (χ0v) is 27.4. The zero-order valence-electron chi connectivity index (χ0n) is 24.9. The largest absolute Gasteiger partial charge is 0.321 e. The van der Waals surface area contributed by atoms with Crippen LogP contribution >= 0.6 is 34.4 Å². The Balaban J connectivity index is 1.23. The van der Waals surface area contributed by atoms with E-state index in [0.29, 0.717) is 22.3 Å². The van der Waals surface area contributed by atoms with Gasteiger partial charge in [0.15, 0.2) is 5.13 Å². The molecule has 0 radical (unpaired) electrons. The monoisotopic (exact) mass is 652 g/mol. The fourth-order valence-corrected chi connectivity index (χ4v) is 6.58. The number of amides is 3. The average molecular weight is 653 g/mol. The van der Waals surface area contributed by atoms with E-state index >= 15 is 0 Å². The van der Waals surface area contributed by atoms with E-state index < -0.39 is 5.91 Å². The Bertz CT molecular complexity index is 1780. The number of nitrogens with one attached hydrogen (secondary N) is 3. The fourth-order valence-electron chi connectivity index (χ4n) is 4.23. The number of rotatable bonds is 11. The molecule has 0 bridgehead atoms. The van der Waals surface area contributed by atoms with Gasteiger partial charge in [-0.15, -0.1) is 34.4 Å². The summed E-state index contributed by atoms with van der Waals surface area (Å²) < 4.78 is 0. The Morgan fingerprint density at radius 3 is 2.22 bits per heavy atom. The van der Waals surface area contributed by atoms with Crippen LogP contribution in [0.4, 0.5) is 10.8 Å². The zero-order chi connectivity index (χ0) is 31.8. The van der Waals surface area contributed by atoms with Crippen LogP contribution in [0.3, 0.4) is 0 Å². The Kier molecular flexibility index (Phi) is 10.6. The number of aromatic nitrogens is 1. The van der Waals surface area contributed by atoms with E-state index in [1.165, 1.54) is 28.7 Å². The molecule has 2 heterocycles. The summed E-state index contributed by atoms with van der Waals surface area (Å²) in [6.45, 7) is 6.07. The van der Waals surface area contributed by atoms with Gasteiger partial charge in [-0.05, 0) is 77.9 Å². The quantitative estimate of drug-likeness (QED) is 0.0981. The first-order valence-electron chi connectivity index (χ1n) is 14.3. The van der Waals surface area contributed by atoms with Gasteiger partial charge in [0.1, 0.15) is 5.70 Å². The molecule has 0 saturated heterocycles. The number of thiazole rings is 1. The molecule has 7 nitrogen and oxygen atoms in total. The molecule has 0 aliphatic heterocycles. The third-order valence-corrected chi connectivity index (χ3v) is 9.51. The van der Waals surface area contributed by atoms with Gasteiger partial charge in [0.05, 0.1) is 15.8 Å². The van der Waals surface area contributed by atoms with Crippen LogP contribution < -0.4 is 16.0 Å². The van der Waals surface area contributed by atoms with Crippen molar-refractivity contribution in [3.63, 3.8) is 0 Å². The van der Waals surface area contributed by atoms with Crippen LogP contribution in [0.1, 0.15) is 48.2 Å². The molecule has 5 rings (SSSR count). The number of thioether (sulfide) groups is 1. The molecular weight excluding hydrogens is 621 g/mol. The van der Waals surface area contributed by atoms with Crippen molar-refractivity contribution in [1.82, 2.24) is 10.3 Å². The smallest absolute Gasteiger partial charge is 0.272 e. The Hall–Kier alpha value is -4.51. The molecule has 0 saturated carbocycles. The second kappa shape index (κ2) is 15.0. The van der Waals surface area contributed by atoms with Crippen molar-refractivity contribution in [3.05, 3.63) is 124 Å². The van der Waals surface area contributed by atoms with Crippen LogP contribution in [0.2, 0.25) is 0 Å². The van der Waals surface area contributed by atoms with Gasteiger partial charge >= 0.3 is 0 Å². The maximum Gasteiger partial charge on any atom is 0.272 e. The van der Waals surface area contributed by atoms with E-state index in [2.05, 4.69) is 34.8 Å². The van der Waals surface area contributed by atoms with E-state index in [9.17, 15) is 14.4 Å². The number of benzene rings is 3. The van der Waals surface area contributed by atoms with Crippen molar-refractivity contribution in [3.8, 4) is 10.6 Å². The summed E-state index contributed by atoms with van der Waals surface area (Å²) in [6.07, 6.45) is 1.66. The maximum atomic E-state index is 13.4. The van der Waals surface area contributed by atoms with Crippen LogP contribution in [0.5, 0.6) is 0 Å². The molecule has 228 valence electrons. The number of anilines is 2. The van der Waals surface area contributed by atoms with Crippen LogP contribution in [0.15, 0.2) is 112 Å². The van der Waals surface area contributed by atoms with E-state index in [0.717, 1.165) is 21.0 Å². The fraction of sp³-hybridized carbons (Fsp3) is 0.143. The van der Waals surface area contributed by atoms with Crippen molar-refractivity contribution < 1.29 is 14.4 Å². The number of hydrogen-bond donors (Lipinski definition) is 3.